The normalized spacial score (nSPS) is 14.6. The van der Waals surface area contributed by atoms with Gasteiger partial charge in [-0.15, -0.1) is 0 Å². The van der Waals surface area contributed by atoms with Crippen molar-refractivity contribution >= 4 is 0 Å². The zero-order valence-electron chi connectivity index (χ0n) is 9.77. The highest BCUT2D eigenvalue weighted by molar-refractivity contribution is 5.26. The van der Waals surface area contributed by atoms with Crippen LogP contribution in [0.1, 0.15) is 30.5 Å². The van der Waals surface area contributed by atoms with Crippen molar-refractivity contribution in [3.8, 4) is 0 Å². The molecule has 18 heavy (non-hydrogen) atoms. The lowest BCUT2D eigenvalue weighted by Crippen LogP contribution is -2.45. The smallest absolute Gasteiger partial charge is 0.319 e. The largest absolute Gasteiger partial charge is 0.455 e. The summed E-state index contributed by atoms with van der Waals surface area (Å²) in [6.07, 6.45) is -4.04. The molecule has 1 rings (SSSR count). The van der Waals surface area contributed by atoms with E-state index in [9.17, 15) is 22.0 Å². The van der Waals surface area contributed by atoms with Crippen LogP contribution in [0.15, 0.2) is 24.3 Å². The molecule has 1 aromatic rings. The molecule has 0 aliphatic rings. The summed E-state index contributed by atoms with van der Waals surface area (Å²) in [4.78, 5) is 0. The first-order valence-corrected chi connectivity index (χ1v) is 5.49. The van der Waals surface area contributed by atoms with Crippen LogP contribution in [0.25, 0.3) is 0 Å². The molecule has 1 aromatic carbocycles. The predicted octanol–water partition coefficient (Wildman–Crippen LogP) is 3.84. The van der Waals surface area contributed by atoms with Crippen LogP contribution in [0.5, 0.6) is 0 Å². The quantitative estimate of drug-likeness (QED) is 0.824. The van der Waals surface area contributed by atoms with E-state index in [0.717, 1.165) is 18.4 Å². The molecule has 0 amide bonds. The van der Waals surface area contributed by atoms with Gasteiger partial charge in [-0.2, -0.15) is 22.0 Å². The number of halogens is 5. The Bertz CT molecular complexity index is 382. The minimum Gasteiger partial charge on any atom is -0.319 e. The summed E-state index contributed by atoms with van der Waals surface area (Å²) in [6, 6.07) is 3.09. The van der Waals surface area contributed by atoms with Crippen LogP contribution in [0, 0.1) is 0 Å². The van der Waals surface area contributed by atoms with Gasteiger partial charge < -0.3 is 5.73 Å². The molecule has 0 heterocycles. The van der Waals surface area contributed by atoms with Crippen LogP contribution in [0.4, 0.5) is 22.0 Å². The molecule has 0 aromatic heterocycles. The van der Waals surface area contributed by atoms with Crippen LogP contribution in [0.2, 0.25) is 0 Å². The van der Waals surface area contributed by atoms with Crippen LogP contribution in [0.3, 0.4) is 0 Å². The molecule has 1 nitrogen and oxygen atoms in total. The van der Waals surface area contributed by atoms with Gasteiger partial charge in [0.25, 0.3) is 0 Å². The predicted molar refractivity (Wildman–Crippen MR) is 58.4 cm³/mol. The summed E-state index contributed by atoms with van der Waals surface area (Å²) < 4.78 is 62.4. The van der Waals surface area contributed by atoms with Gasteiger partial charge >= 0.3 is 12.1 Å². The first-order chi connectivity index (χ1) is 8.20. The molecular weight excluding hydrogens is 253 g/mol. The van der Waals surface area contributed by atoms with E-state index in [-0.39, 0.29) is 5.56 Å². The monoisotopic (exact) mass is 267 g/mol. The molecule has 0 saturated heterocycles. The molecule has 6 heteroatoms. The van der Waals surface area contributed by atoms with Gasteiger partial charge in [0.2, 0.25) is 0 Å². The number of alkyl halides is 5. The summed E-state index contributed by atoms with van der Waals surface area (Å²) in [5, 5.41) is 0. The molecule has 0 saturated carbocycles. The van der Waals surface area contributed by atoms with Crippen LogP contribution >= 0.6 is 0 Å². The second kappa shape index (κ2) is 5.22. The van der Waals surface area contributed by atoms with Crippen molar-refractivity contribution in [1.82, 2.24) is 0 Å². The first-order valence-electron chi connectivity index (χ1n) is 5.49. The van der Waals surface area contributed by atoms with E-state index in [2.05, 4.69) is 0 Å². The van der Waals surface area contributed by atoms with Crippen molar-refractivity contribution in [3.05, 3.63) is 35.4 Å². The molecule has 0 fully saturated rings. The number of nitrogens with two attached hydrogens (primary N) is 1. The highest BCUT2D eigenvalue weighted by Gasteiger charge is 2.61. The molecule has 0 bridgehead atoms. The molecule has 102 valence electrons. The van der Waals surface area contributed by atoms with E-state index in [0.29, 0.717) is 0 Å². The van der Waals surface area contributed by atoms with Gasteiger partial charge in [-0.25, -0.2) is 0 Å². The number of hydrogen-bond acceptors (Lipinski definition) is 1. The van der Waals surface area contributed by atoms with Gasteiger partial charge in [0.15, 0.2) is 0 Å². The van der Waals surface area contributed by atoms with Gasteiger partial charge in [-0.1, -0.05) is 37.6 Å². The maximum Gasteiger partial charge on any atom is 0.455 e. The Morgan fingerprint density at radius 1 is 1.06 bits per heavy atom. The molecule has 0 radical (unpaired) electrons. The highest BCUT2D eigenvalue weighted by atomic mass is 19.4. The maximum atomic E-state index is 13.0. The molecular formula is C12H14F5N. The van der Waals surface area contributed by atoms with Gasteiger partial charge in [-0.05, 0) is 17.5 Å². The lowest BCUT2D eigenvalue weighted by atomic mass is 9.99. The van der Waals surface area contributed by atoms with Crippen LogP contribution in [-0.4, -0.2) is 12.1 Å². The van der Waals surface area contributed by atoms with Crippen molar-refractivity contribution in [3.63, 3.8) is 0 Å². The number of hydrogen-bond donors (Lipinski definition) is 1. The number of rotatable bonds is 4. The molecule has 1 atom stereocenters. The Labute approximate surface area is 102 Å². The number of benzene rings is 1. The fourth-order valence-electron chi connectivity index (χ4n) is 1.57. The average molecular weight is 267 g/mol. The Kier molecular flexibility index (Phi) is 4.32. The molecule has 0 aliphatic heterocycles. The van der Waals surface area contributed by atoms with Gasteiger partial charge in [-0.3, -0.25) is 0 Å². The molecule has 2 N–H and O–H groups in total. The third-order valence-electron chi connectivity index (χ3n) is 2.65. The third-order valence-corrected chi connectivity index (χ3v) is 2.65. The summed E-state index contributed by atoms with van der Waals surface area (Å²) >= 11 is 0. The van der Waals surface area contributed by atoms with E-state index >= 15 is 0 Å². The van der Waals surface area contributed by atoms with E-state index < -0.39 is 18.1 Å². The second-order valence-electron chi connectivity index (χ2n) is 4.09. The second-order valence-corrected chi connectivity index (χ2v) is 4.09. The Morgan fingerprint density at radius 3 is 1.94 bits per heavy atom. The molecule has 0 spiro atoms. The Morgan fingerprint density at radius 2 is 1.56 bits per heavy atom. The zero-order chi connectivity index (χ0) is 14.0. The van der Waals surface area contributed by atoms with Crippen molar-refractivity contribution in [2.45, 2.75) is 37.9 Å². The van der Waals surface area contributed by atoms with E-state index in [1.807, 2.05) is 6.92 Å². The zero-order valence-corrected chi connectivity index (χ0v) is 9.77. The summed E-state index contributed by atoms with van der Waals surface area (Å²) in [5.41, 5.74) is 5.67. The average Bonchev–Trinajstić information content (AvgIpc) is 2.28. The maximum absolute atomic E-state index is 13.0. The first kappa shape index (κ1) is 14.9. The van der Waals surface area contributed by atoms with Crippen LogP contribution < -0.4 is 5.73 Å². The van der Waals surface area contributed by atoms with Gasteiger partial charge in [0.05, 0.1) is 0 Å². The Balaban J connectivity index is 2.94. The van der Waals surface area contributed by atoms with E-state index in [4.69, 9.17) is 5.73 Å². The highest BCUT2D eigenvalue weighted by Crippen LogP contribution is 2.43. The molecule has 1 unspecified atom stereocenters. The third kappa shape index (κ3) is 2.98. The summed E-state index contributed by atoms with van der Waals surface area (Å²) in [5.74, 6) is -4.93. The lowest BCUT2D eigenvalue weighted by molar-refractivity contribution is -0.291. The van der Waals surface area contributed by atoms with Crippen molar-refractivity contribution in [1.29, 1.82) is 0 Å². The topological polar surface area (TPSA) is 26.0 Å². The lowest BCUT2D eigenvalue weighted by Gasteiger charge is -2.26. The van der Waals surface area contributed by atoms with Crippen molar-refractivity contribution in [2.75, 3.05) is 0 Å². The fourth-order valence-corrected chi connectivity index (χ4v) is 1.57. The standard InChI is InChI=1S/C12H14F5N/c1-2-3-8-4-6-9(7-5-8)10(18)11(13,14)12(15,16)17/h4-7,10H,2-3,18H2,1H3. The van der Waals surface area contributed by atoms with Crippen LogP contribution in [-0.2, 0) is 6.42 Å². The number of aryl methyl sites for hydroxylation is 1. The van der Waals surface area contributed by atoms with E-state index in [1.165, 1.54) is 24.3 Å². The van der Waals surface area contributed by atoms with E-state index in [1.54, 1.807) is 0 Å². The van der Waals surface area contributed by atoms with Crippen molar-refractivity contribution in [2.24, 2.45) is 5.73 Å². The minimum absolute atomic E-state index is 0.225. The van der Waals surface area contributed by atoms with Gasteiger partial charge in [0.1, 0.15) is 6.04 Å². The minimum atomic E-state index is -5.64. The van der Waals surface area contributed by atoms with Crippen molar-refractivity contribution < 1.29 is 22.0 Å². The Hall–Kier alpha value is -1.17. The fraction of sp³-hybridized carbons (Fsp3) is 0.500. The summed E-state index contributed by atoms with van der Waals surface area (Å²) in [6.45, 7) is 1.94. The molecule has 0 aliphatic carbocycles. The van der Waals surface area contributed by atoms with Gasteiger partial charge in [0, 0.05) is 0 Å². The SMILES string of the molecule is CCCc1ccc(C(N)C(F)(F)C(F)(F)F)cc1. The summed E-state index contributed by atoms with van der Waals surface area (Å²) in [7, 11) is 0.